The van der Waals surface area contributed by atoms with Gasteiger partial charge in [-0.2, -0.15) is 19.0 Å². The maximum Gasteiger partial charge on any atom is 0.336 e. The van der Waals surface area contributed by atoms with Crippen LogP contribution in [0.15, 0.2) is 219 Å². The molecule has 6 heterocycles. The molecule has 2 aliphatic rings. The van der Waals surface area contributed by atoms with Crippen molar-refractivity contribution in [2.45, 2.75) is 111 Å². The van der Waals surface area contributed by atoms with E-state index < -0.39 is 50.6 Å². The molecule has 1 fully saturated rings. The summed E-state index contributed by atoms with van der Waals surface area (Å²) in [4.78, 5) is 89.2. The first-order valence-corrected chi connectivity index (χ1v) is 34.5. The Hall–Kier alpha value is -10.8. The Kier molecular flexibility index (Phi) is 57.6. The van der Waals surface area contributed by atoms with Gasteiger partial charge in [0.05, 0.1) is 24.8 Å². The second kappa shape index (κ2) is 60.2. The van der Waals surface area contributed by atoms with Crippen LogP contribution in [0.2, 0.25) is 0 Å². The molecule has 0 aliphatic carbocycles. The second-order valence-electron chi connectivity index (χ2n) is 17.1. The van der Waals surface area contributed by atoms with Gasteiger partial charge in [-0.05, 0) is 102 Å². The number of nitrogens with one attached hydrogen (secondary N) is 2. The number of azo groups is 1. The van der Waals surface area contributed by atoms with E-state index in [9.17, 15) is 59.1 Å². The number of furan rings is 1. The number of ether oxygens (including phenoxy) is 2. The van der Waals surface area contributed by atoms with E-state index >= 15 is 0 Å². The molecule has 0 unspecified atom stereocenters. The Bertz CT molecular complexity index is 3990. The van der Waals surface area contributed by atoms with Gasteiger partial charge in [0, 0.05) is 107 Å². The van der Waals surface area contributed by atoms with Crippen LogP contribution in [0.4, 0.5) is 27.6 Å². The van der Waals surface area contributed by atoms with Crippen LogP contribution in [0.5, 0.6) is 5.75 Å². The summed E-state index contributed by atoms with van der Waals surface area (Å²) in [6, 6.07) is 37.8. The minimum Gasteiger partial charge on any atom is -0.485 e. The number of imide groups is 2. The smallest absolute Gasteiger partial charge is 0.336 e. The zero-order valence-corrected chi connectivity index (χ0v) is 62.0. The molecule has 0 bridgehead atoms. The summed E-state index contributed by atoms with van der Waals surface area (Å²) in [6.07, 6.45) is 9.89. The number of likely N-dealkylation sites (N-methyl/N-ethyl adjacent to an activating group) is 1. The van der Waals surface area contributed by atoms with E-state index in [4.69, 9.17) is 24.6 Å². The summed E-state index contributed by atoms with van der Waals surface area (Å²) >= 11 is 0. The van der Waals surface area contributed by atoms with E-state index in [1.807, 2.05) is 129 Å². The van der Waals surface area contributed by atoms with Crippen LogP contribution in [0.1, 0.15) is 95.9 Å². The molecule has 32 heteroatoms. The van der Waals surface area contributed by atoms with Gasteiger partial charge in [-0.15, -0.1) is 0 Å². The number of hydrogen-bond donors (Lipinski definition) is 2. The Balaban J connectivity index is -0.000000527. The van der Waals surface area contributed by atoms with Crippen LogP contribution in [0.25, 0.3) is 21.9 Å². The molecule has 4 aromatic carbocycles. The normalized spacial score (nSPS) is 10.7. The van der Waals surface area contributed by atoms with Gasteiger partial charge in [-0.1, -0.05) is 110 Å². The minimum atomic E-state index is -3.23. The number of sulfone groups is 1. The van der Waals surface area contributed by atoms with E-state index in [2.05, 4.69) is 51.3 Å². The number of aliphatic imine (C=N–C) groups is 1. The molecule has 4 amide bonds. The molecule has 2 N–H and O–H groups in total. The average molecular weight is 1480 g/mol. The molecule has 1 saturated heterocycles. The molecule has 8 aromatic rings. The number of amides is 4. The van der Waals surface area contributed by atoms with Crippen molar-refractivity contribution >= 4 is 101 Å². The molecule has 10 rings (SSSR count). The third kappa shape index (κ3) is 41.6. The van der Waals surface area contributed by atoms with Crippen LogP contribution in [0.3, 0.4) is 0 Å². The second-order valence-corrected chi connectivity index (χ2v) is 21.1. The van der Waals surface area contributed by atoms with Gasteiger partial charge in [-0.25, -0.2) is 46.1 Å². The fourth-order valence-electron chi connectivity index (χ4n) is 5.85. The molecule has 0 radical (unpaired) electrons. The molecule has 2 aliphatic heterocycles. The Labute approximate surface area is 598 Å². The van der Waals surface area contributed by atoms with Crippen LogP contribution in [-0.2, 0) is 43.3 Å². The lowest BCUT2D eigenvalue weighted by molar-refractivity contribution is -0.137. The van der Waals surface area contributed by atoms with Gasteiger partial charge < -0.3 is 18.3 Å². The van der Waals surface area contributed by atoms with Crippen LogP contribution >= 0.6 is 21.6 Å². The highest BCUT2D eigenvalue weighted by Gasteiger charge is 2.28. The molecule has 102 heavy (non-hydrogen) atoms. The number of aromatic nitrogens is 2. The maximum absolute atomic E-state index is 12.8. The maximum atomic E-state index is 12.8. The van der Waals surface area contributed by atoms with E-state index in [0.717, 1.165) is 50.2 Å². The lowest BCUT2D eigenvalue weighted by Crippen LogP contribution is -2.24. The zero-order chi connectivity index (χ0) is 78.6. The van der Waals surface area contributed by atoms with Crippen molar-refractivity contribution in [2.75, 3.05) is 41.3 Å². The van der Waals surface area contributed by atoms with E-state index in [1.165, 1.54) is 62.5 Å². The summed E-state index contributed by atoms with van der Waals surface area (Å²) in [5.41, 5.74) is 8.05. The zero-order valence-electron chi connectivity index (χ0n) is 59.6. The van der Waals surface area contributed by atoms with Crippen molar-refractivity contribution in [1.82, 2.24) is 24.7 Å². The third-order valence-electron chi connectivity index (χ3n) is 10.5. The molecular formula is C70H87F5N11O13S3+. The summed E-state index contributed by atoms with van der Waals surface area (Å²) in [6.45, 7) is 26.6. The Morgan fingerprint density at radius 3 is 1.46 bits per heavy atom. The highest BCUT2D eigenvalue weighted by Crippen LogP contribution is 2.34. The Morgan fingerprint density at radius 2 is 1.13 bits per heavy atom. The van der Waals surface area contributed by atoms with E-state index in [1.54, 1.807) is 104 Å². The van der Waals surface area contributed by atoms with E-state index in [0.29, 0.717) is 30.7 Å². The topological polar surface area (TPSA) is 342 Å². The summed E-state index contributed by atoms with van der Waals surface area (Å²) in [5, 5.41) is 22.0. The molecule has 0 saturated carbocycles. The minimum absolute atomic E-state index is 0.0602. The number of hydrogen-bond acceptors (Lipinski definition) is 23. The monoisotopic (exact) mass is 1480 g/mol. The number of esters is 1. The van der Waals surface area contributed by atoms with Crippen LogP contribution in [0, 0.1) is 40.0 Å². The van der Waals surface area contributed by atoms with Gasteiger partial charge in [0.15, 0.2) is 26.5 Å². The predicted molar refractivity (Wildman–Crippen MR) is 387 cm³/mol. The number of carbonyl (C=O) groups excluding carboxylic acids is 6. The van der Waals surface area contributed by atoms with Crippen molar-refractivity contribution < 1.29 is 77.4 Å². The third-order valence-corrected chi connectivity index (χ3v) is 14.0. The number of isocyanates is 1. The van der Waals surface area contributed by atoms with Gasteiger partial charge in [0.1, 0.15) is 26.7 Å². The SMILES string of the molecule is C=CS(=O)(=O)c1ccccc1.CC.CC.CC.CC.CC(=O)Oc1c(F)c(F)c(F)c(F)c1F.CCN=C=O.CCN=NC.CN1C(=O)C=CC1=O.CN1C(=O)CCC1=O.COC(C)=N.N=[N+]=Nc1ccccc1.O=c1ccc2cc3ccoc3cc2o1.c1ccc(SSc2ccccn2)nc1. The highest BCUT2D eigenvalue weighted by atomic mass is 33.1. The fourth-order valence-corrected chi connectivity index (χ4v) is 8.33. The predicted octanol–water partition coefficient (Wildman–Crippen LogP) is 17.1. The number of methoxy groups -OCH3 is 1. The van der Waals surface area contributed by atoms with Crippen molar-refractivity contribution in [3.63, 3.8) is 0 Å². The first-order valence-electron chi connectivity index (χ1n) is 30.8. The lowest BCUT2D eigenvalue weighted by Gasteiger charge is -2.06. The van der Waals surface area contributed by atoms with Crippen molar-refractivity contribution in [3.05, 3.63) is 210 Å². The van der Waals surface area contributed by atoms with Crippen molar-refractivity contribution in [3.8, 4) is 5.75 Å². The van der Waals surface area contributed by atoms with Gasteiger partial charge in [0.25, 0.3) is 11.8 Å². The molecule has 0 atom stereocenters. The van der Waals surface area contributed by atoms with Crippen LogP contribution in [-0.4, -0.2) is 111 Å². The number of benzene rings is 4. The first kappa shape index (κ1) is 97.6. The number of rotatable bonds is 9. The molecule has 4 aromatic heterocycles. The number of nitrogens with zero attached hydrogens (tertiary/aromatic N) is 9. The number of pyridine rings is 2. The number of carbonyl (C=O) groups is 5. The molecular weight excluding hydrogens is 1390 g/mol. The molecule has 24 nitrogen and oxygen atoms in total. The summed E-state index contributed by atoms with van der Waals surface area (Å²) in [5.74, 6) is -14.1. The van der Waals surface area contributed by atoms with Gasteiger partial charge >= 0.3 is 11.6 Å². The largest absolute Gasteiger partial charge is 0.485 e. The Morgan fingerprint density at radius 1 is 0.676 bits per heavy atom. The van der Waals surface area contributed by atoms with Crippen molar-refractivity contribution in [1.29, 1.82) is 10.9 Å². The quantitative estimate of drug-likeness (QED) is 0.0108. The molecule has 0 spiro atoms. The van der Waals surface area contributed by atoms with Gasteiger partial charge in [-0.3, -0.25) is 39.2 Å². The van der Waals surface area contributed by atoms with E-state index in [-0.39, 0.29) is 40.0 Å². The average Bonchev–Trinajstić information content (AvgIpc) is 1.17. The molecule has 552 valence electrons. The number of halogens is 5. The van der Waals surface area contributed by atoms with Gasteiger partial charge in [0.2, 0.25) is 57.6 Å². The number of fused-ring (bicyclic) bond motifs is 2. The lowest BCUT2D eigenvalue weighted by atomic mass is 10.2. The summed E-state index contributed by atoms with van der Waals surface area (Å²) in [7, 11) is 6.10. The standard InChI is InChI=1S/C11H6O3.C10H8N2S2.C8H3F5O2.C8H8O2S.C6H6N3.C5H7NO2.C5H5NO2.C3H8N2.C3H7NO.C3H5NO.4C2H6/c12-11-2-1-7-5-8-3-4-13-9(8)6-10(7)14-11;1-3-7-11-9(5-1)13-14-10-6-2-4-8-12-10;1-2(14)15-8-6(12)4(10)3(9)5(11)7(8)13;1-2-11(9,10)8-6-4-3-5-7-8;7-9-8-6-4-2-1-3-5-6;2*1-6-4(7)2-3-5(6)8;1-3-5-4-2;1-3(4)5-2;1-2-4-3-5;4*1-2/h1-6H;1-8H;1H3;2-7H,1H2;1-5,7H;2-3H2,1H3;2-3H,1H3;3H2,1-2H3;4H,1-2H3;2H2,1H3;4*1-2H3/q;;;;+1;;;;;;;;;. The highest BCUT2D eigenvalue weighted by molar-refractivity contribution is 8.76. The fraction of sp³-hybridized carbons (Fsp3) is 0.286. The van der Waals surface area contributed by atoms with Crippen molar-refractivity contribution in [2.24, 2.45) is 20.3 Å². The first-order chi connectivity index (χ1) is 48.8. The van der Waals surface area contributed by atoms with Crippen LogP contribution < -0.4 is 15.3 Å². The number of likely N-dealkylation sites (tertiary alicyclic amines) is 1. The summed E-state index contributed by atoms with van der Waals surface area (Å²) < 4.78 is 104.